The molecule has 0 spiro atoms. The first-order valence-corrected chi connectivity index (χ1v) is 9.36. The molecule has 0 amide bonds. The maximum absolute atomic E-state index is 12.7. The molecule has 0 radical (unpaired) electrons. The van der Waals surface area contributed by atoms with Gasteiger partial charge in [-0.2, -0.15) is 13.2 Å². The number of aromatic nitrogens is 2. The SMILES string of the molecule is CS(=O)(=O)Nc1nnc(-c2ccccc2Nc2ccc(C(F)(F)F)cc2)o1. The van der Waals surface area contributed by atoms with Gasteiger partial charge in [0.2, 0.25) is 10.0 Å². The molecule has 0 aliphatic carbocycles. The van der Waals surface area contributed by atoms with Crippen molar-refractivity contribution in [3.8, 4) is 11.5 Å². The molecule has 3 aromatic rings. The van der Waals surface area contributed by atoms with Crippen molar-refractivity contribution in [1.82, 2.24) is 10.2 Å². The van der Waals surface area contributed by atoms with Crippen LogP contribution in [0.5, 0.6) is 0 Å². The second kappa shape index (κ2) is 6.91. The van der Waals surface area contributed by atoms with E-state index in [4.69, 9.17) is 4.42 Å². The van der Waals surface area contributed by atoms with Gasteiger partial charge in [0.05, 0.1) is 23.1 Å². The monoisotopic (exact) mass is 398 g/mol. The van der Waals surface area contributed by atoms with Crippen molar-refractivity contribution >= 4 is 27.4 Å². The standard InChI is InChI=1S/C16H13F3N4O3S/c1-27(24,25)23-15-22-21-14(26-15)12-4-2-3-5-13(12)20-11-8-6-10(7-9-11)16(17,18)19/h2-9,20H,1H3,(H,22,23). The summed E-state index contributed by atoms with van der Waals surface area (Å²) in [4.78, 5) is 0. The number of nitrogens with zero attached hydrogens (tertiary/aromatic N) is 2. The van der Waals surface area contributed by atoms with E-state index in [0.29, 0.717) is 16.9 Å². The van der Waals surface area contributed by atoms with Crippen molar-refractivity contribution in [2.75, 3.05) is 16.3 Å². The van der Waals surface area contributed by atoms with Crippen LogP contribution in [-0.4, -0.2) is 24.9 Å². The number of nitrogens with one attached hydrogen (secondary N) is 2. The molecule has 2 aromatic carbocycles. The highest BCUT2D eigenvalue weighted by molar-refractivity contribution is 7.91. The van der Waals surface area contributed by atoms with Crippen molar-refractivity contribution < 1.29 is 26.0 Å². The summed E-state index contributed by atoms with van der Waals surface area (Å²) in [5.41, 5.74) is 0.609. The molecule has 142 valence electrons. The summed E-state index contributed by atoms with van der Waals surface area (Å²) < 4.78 is 67.8. The zero-order valence-corrected chi connectivity index (χ0v) is 14.6. The fraction of sp³-hybridized carbons (Fsp3) is 0.125. The fourth-order valence-electron chi connectivity index (χ4n) is 2.21. The van der Waals surface area contributed by atoms with Crippen molar-refractivity contribution in [2.45, 2.75) is 6.18 Å². The van der Waals surface area contributed by atoms with E-state index < -0.39 is 21.8 Å². The molecule has 0 bridgehead atoms. The van der Waals surface area contributed by atoms with Crippen LogP contribution < -0.4 is 10.0 Å². The summed E-state index contributed by atoms with van der Waals surface area (Å²) in [6.45, 7) is 0. The van der Waals surface area contributed by atoms with Crippen LogP contribution in [0.2, 0.25) is 0 Å². The molecule has 0 atom stereocenters. The van der Waals surface area contributed by atoms with Crippen molar-refractivity contribution in [3.05, 3.63) is 54.1 Å². The number of halogens is 3. The van der Waals surface area contributed by atoms with E-state index in [0.717, 1.165) is 18.4 Å². The molecular formula is C16H13F3N4O3S. The Morgan fingerprint density at radius 1 is 1.00 bits per heavy atom. The number of hydrogen-bond donors (Lipinski definition) is 2. The molecule has 0 aliphatic heterocycles. The van der Waals surface area contributed by atoms with Crippen LogP contribution in [0.25, 0.3) is 11.5 Å². The van der Waals surface area contributed by atoms with Crippen molar-refractivity contribution in [3.63, 3.8) is 0 Å². The lowest BCUT2D eigenvalue weighted by molar-refractivity contribution is -0.137. The lowest BCUT2D eigenvalue weighted by atomic mass is 10.1. The Hall–Kier alpha value is -3.08. The molecular weight excluding hydrogens is 385 g/mol. The minimum atomic E-state index is -4.41. The minimum absolute atomic E-state index is 0.0381. The zero-order chi connectivity index (χ0) is 19.7. The zero-order valence-electron chi connectivity index (χ0n) is 13.8. The number of benzene rings is 2. The second-order valence-electron chi connectivity index (χ2n) is 5.53. The van der Waals surface area contributed by atoms with Gasteiger partial charge < -0.3 is 9.73 Å². The Kier molecular flexibility index (Phi) is 4.79. The first-order chi connectivity index (χ1) is 12.6. The van der Waals surface area contributed by atoms with Crippen LogP contribution in [0.3, 0.4) is 0 Å². The largest absolute Gasteiger partial charge is 0.416 e. The van der Waals surface area contributed by atoms with Crippen molar-refractivity contribution in [2.24, 2.45) is 0 Å². The number of para-hydroxylation sites is 1. The van der Waals surface area contributed by atoms with E-state index in [-0.39, 0.29) is 11.9 Å². The highest BCUT2D eigenvalue weighted by Crippen LogP contribution is 2.33. The van der Waals surface area contributed by atoms with Crippen LogP contribution in [0, 0.1) is 0 Å². The van der Waals surface area contributed by atoms with Crippen molar-refractivity contribution in [1.29, 1.82) is 0 Å². The molecule has 1 heterocycles. The Morgan fingerprint density at radius 2 is 1.67 bits per heavy atom. The van der Waals surface area contributed by atoms with Gasteiger partial charge in [0, 0.05) is 5.69 Å². The number of hydrogen-bond acceptors (Lipinski definition) is 6. The maximum atomic E-state index is 12.7. The third-order valence-electron chi connectivity index (χ3n) is 3.35. The van der Waals surface area contributed by atoms with E-state index in [2.05, 4.69) is 20.2 Å². The van der Waals surface area contributed by atoms with Crippen LogP contribution in [0.15, 0.2) is 52.9 Å². The smallest absolute Gasteiger partial charge is 0.403 e. The highest BCUT2D eigenvalue weighted by Gasteiger charge is 2.30. The first-order valence-electron chi connectivity index (χ1n) is 7.47. The summed E-state index contributed by atoms with van der Waals surface area (Å²) in [5.74, 6) is 0.0381. The predicted molar refractivity (Wildman–Crippen MR) is 92.9 cm³/mol. The summed E-state index contributed by atoms with van der Waals surface area (Å²) in [6.07, 6.45) is -3.47. The summed E-state index contributed by atoms with van der Waals surface area (Å²) in [5, 5.41) is 10.4. The lowest BCUT2D eigenvalue weighted by Crippen LogP contribution is -2.09. The van der Waals surface area contributed by atoms with Gasteiger partial charge in [0.1, 0.15) is 0 Å². The first kappa shape index (κ1) is 18.7. The normalized spacial score (nSPS) is 12.0. The molecule has 0 unspecified atom stereocenters. The van der Waals surface area contributed by atoms with E-state index in [1.54, 1.807) is 24.3 Å². The van der Waals surface area contributed by atoms with Gasteiger partial charge in [-0.3, -0.25) is 0 Å². The Balaban J connectivity index is 1.86. The van der Waals surface area contributed by atoms with Crippen LogP contribution >= 0.6 is 0 Å². The van der Waals surface area contributed by atoms with Gasteiger partial charge in [0.15, 0.2) is 0 Å². The third kappa shape index (κ3) is 4.76. The van der Waals surface area contributed by atoms with Gasteiger partial charge in [0.25, 0.3) is 5.89 Å². The van der Waals surface area contributed by atoms with E-state index in [1.807, 2.05) is 0 Å². The van der Waals surface area contributed by atoms with Gasteiger partial charge in [-0.05, 0) is 36.4 Å². The second-order valence-corrected chi connectivity index (χ2v) is 7.28. The summed E-state index contributed by atoms with van der Waals surface area (Å²) in [7, 11) is -3.57. The molecule has 0 aliphatic rings. The molecule has 27 heavy (non-hydrogen) atoms. The molecule has 0 saturated carbocycles. The maximum Gasteiger partial charge on any atom is 0.416 e. The quantitative estimate of drug-likeness (QED) is 0.677. The minimum Gasteiger partial charge on any atom is -0.403 e. The Bertz CT molecular complexity index is 1050. The van der Waals surface area contributed by atoms with Crippen LogP contribution in [0.1, 0.15) is 5.56 Å². The summed E-state index contributed by atoms with van der Waals surface area (Å²) >= 11 is 0. The number of rotatable bonds is 5. The molecule has 11 heteroatoms. The molecule has 0 fully saturated rings. The van der Waals surface area contributed by atoms with E-state index in [9.17, 15) is 21.6 Å². The number of alkyl halides is 3. The van der Waals surface area contributed by atoms with Gasteiger partial charge in [-0.15, -0.1) is 5.10 Å². The van der Waals surface area contributed by atoms with Gasteiger partial charge in [-0.1, -0.05) is 17.2 Å². The Labute approximate surface area is 152 Å². The van der Waals surface area contributed by atoms with Gasteiger partial charge in [-0.25, -0.2) is 13.1 Å². The number of anilines is 3. The Morgan fingerprint density at radius 3 is 2.30 bits per heavy atom. The average Bonchev–Trinajstić information content (AvgIpc) is 3.01. The fourth-order valence-corrected chi connectivity index (χ4v) is 2.61. The molecule has 7 nitrogen and oxygen atoms in total. The molecule has 2 N–H and O–H groups in total. The lowest BCUT2D eigenvalue weighted by Gasteiger charge is -2.11. The van der Waals surface area contributed by atoms with Gasteiger partial charge >= 0.3 is 12.2 Å². The topological polar surface area (TPSA) is 97.1 Å². The number of sulfonamides is 1. The molecule has 1 aromatic heterocycles. The molecule has 0 saturated heterocycles. The predicted octanol–water partition coefficient (Wildman–Crippen LogP) is 3.87. The third-order valence-corrected chi connectivity index (χ3v) is 3.89. The average molecular weight is 398 g/mol. The van der Waals surface area contributed by atoms with Crippen LogP contribution in [-0.2, 0) is 16.2 Å². The van der Waals surface area contributed by atoms with E-state index in [1.165, 1.54) is 12.1 Å². The summed E-state index contributed by atoms with van der Waals surface area (Å²) in [6, 6.07) is 10.9. The molecule has 3 rings (SSSR count). The van der Waals surface area contributed by atoms with Crippen LogP contribution in [0.4, 0.5) is 30.6 Å². The highest BCUT2D eigenvalue weighted by atomic mass is 32.2. The van der Waals surface area contributed by atoms with E-state index >= 15 is 0 Å².